The van der Waals surface area contributed by atoms with Crippen molar-refractivity contribution in [3.8, 4) is 0 Å². The maximum Gasteiger partial charge on any atom is 0.328 e. The molecule has 0 aliphatic rings. The molecule has 0 radical (unpaired) electrons. The first-order valence-corrected chi connectivity index (χ1v) is 9.37. The highest BCUT2D eigenvalue weighted by Crippen LogP contribution is 2.20. The predicted octanol–water partition coefficient (Wildman–Crippen LogP) is 3.76. The maximum absolute atomic E-state index is 13.1. The van der Waals surface area contributed by atoms with Crippen LogP contribution >= 0.6 is 0 Å². The lowest BCUT2D eigenvalue weighted by Gasteiger charge is -2.18. The van der Waals surface area contributed by atoms with E-state index >= 15 is 0 Å². The van der Waals surface area contributed by atoms with Crippen LogP contribution in [0.15, 0.2) is 54.6 Å². The zero-order chi connectivity index (χ0) is 20.1. The van der Waals surface area contributed by atoms with E-state index < -0.39 is 12.0 Å². The number of fused-ring (bicyclic) bond motifs is 1. The third-order valence-electron chi connectivity index (χ3n) is 4.50. The summed E-state index contributed by atoms with van der Waals surface area (Å²) in [6.07, 6.45) is 0.367. The Kier molecular flexibility index (Phi) is 6.04. The van der Waals surface area contributed by atoms with Gasteiger partial charge >= 0.3 is 5.97 Å². The summed E-state index contributed by atoms with van der Waals surface area (Å²) in [7, 11) is 0. The van der Waals surface area contributed by atoms with Crippen molar-refractivity contribution >= 4 is 22.8 Å². The molecule has 3 aromatic rings. The number of amides is 1. The summed E-state index contributed by atoms with van der Waals surface area (Å²) < 4.78 is 5.18. The summed E-state index contributed by atoms with van der Waals surface area (Å²) in [5, 5.41) is 3.63. The van der Waals surface area contributed by atoms with E-state index in [0.717, 1.165) is 27.7 Å². The molecule has 0 saturated heterocycles. The van der Waals surface area contributed by atoms with Crippen molar-refractivity contribution in [1.29, 1.82) is 0 Å². The average molecular weight is 376 g/mol. The molecule has 1 N–H and O–H groups in total. The third kappa shape index (κ3) is 4.55. The van der Waals surface area contributed by atoms with Gasteiger partial charge in [0.2, 0.25) is 0 Å². The Hall–Kier alpha value is -3.21. The largest absolute Gasteiger partial charge is 0.464 e. The number of hydrogen-bond acceptors (Lipinski definition) is 4. The van der Waals surface area contributed by atoms with Crippen LogP contribution in [0.5, 0.6) is 0 Å². The minimum absolute atomic E-state index is 0.260. The van der Waals surface area contributed by atoms with Gasteiger partial charge in [-0.2, -0.15) is 0 Å². The first-order chi connectivity index (χ1) is 13.5. The van der Waals surface area contributed by atoms with E-state index in [-0.39, 0.29) is 12.5 Å². The summed E-state index contributed by atoms with van der Waals surface area (Å²) in [6, 6.07) is 16.4. The molecule has 1 heterocycles. The lowest BCUT2D eigenvalue weighted by atomic mass is 10.0. The van der Waals surface area contributed by atoms with E-state index in [1.807, 2.05) is 62.4 Å². The molecular weight excluding hydrogens is 352 g/mol. The van der Waals surface area contributed by atoms with E-state index in [1.54, 1.807) is 13.0 Å². The molecule has 0 spiro atoms. The molecule has 1 atom stereocenters. The normalized spacial score (nSPS) is 11.8. The van der Waals surface area contributed by atoms with E-state index in [4.69, 9.17) is 4.74 Å². The Labute approximate surface area is 164 Å². The van der Waals surface area contributed by atoms with Crippen molar-refractivity contribution in [2.75, 3.05) is 6.61 Å². The Bertz CT molecular complexity index is 999. The molecule has 1 unspecified atom stereocenters. The second-order valence-electron chi connectivity index (χ2n) is 6.80. The SMILES string of the molecule is CCOC(=O)C(Cc1ccccc1)NC(=O)c1cc(C)nc2ccc(C)cc12. The molecule has 2 aromatic carbocycles. The van der Waals surface area contributed by atoms with Crippen LogP contribution < -0.4 is 5.32 Å². The lowest BCUT2D eigenvalue weighted by molar-refractivity contribution is -0.145. The molecule has 0 saturated carbocycles. The van der Waals surface area contributed by atoms with Gasteiger partial charge in [0, 0.05) is 17.5 Å². The quantitative estimate of drug-likeness (QED) is 0.665. The maximum atomic E-state index is 13.1. The Morgan fingerprint density at radius 3 is 2.54 bits per heavy atom. The van der Waals surface area contributed by atoms with Gasteiger partial charge in [0.1, 0.15) is 6.04 Å². The minimum atomic E-state index is -0.761. The van der Waals surface area contributed by atoms with Crippen molar-refractivity contribution in [3.05, 3.63) is 77.0 Å². The van der Waals surface area contributed by atoms with Crippen molar-refractivity contribution in [2.45, 2.75) is 33.2 Å². The van der Waals surface area contributed by atoms with Gasteiger partial charge in [-0.05, 0) is 44.5 Å². The number of pyridine rings is 1. The molecule has 3 rings (SSSR count). The fourth-order valence-corrected chi connectivity index (χ4v) is 3.18. The standard InChI is InChI=1S/C23H24N2O3/c1-4-28-23(27)21(14-17-8-6-5-7-9-17)25-22(26)19-13-16(3)24-20-11-10-15(2)12-18(19)20/h5-13,21H,4,14H2,1-3H3,(H,25,26). The Morgan fingerprint density at radius 2 is 1.82 bits per heavy atom. The van der Waals surface area contributed by atoms with Crippen LogP contribution in [0, 0.1) is 13.8 Å². The molecule has 5 heteroatoms. The van der Waals surface area contributed by atoms with Crippen LogP contribution in [0.4, 0.5) is 0 Å². The van der Waals surface area contributed by atoms with Crippen LogP contribution in [0.2, 0.25) is 0 Å². The first kappa shape index (κ1) is 19.5. The molecule has 0 aliphatic heterocycles. The highest BCUT2D eigenvalue weighted by atomic mass is 16.5. The van der Waals surface area contributed by atoms with Crippen LogP contribution in [-0.2, 0) is 16.0 Å². The van der Waals surface area contributed by atoms with Crippen molar-refractivity contribution in [1.82, 2.24) is 10.3 Å². The number of carbonyl (C=O) groups is 2. The van der Waals surface area contributed by atoms with E-state index in [9.17, 15) is 9.59 Å². The molecule has 1 aromatic heterocycles. The van der Waals surface area contributed by atoms with Gasteiger partial charge in [-0.25, -0.2) is 4.79 Å². The molecule has 28 heavy (non-hydrogen) atoms. The molecule has 1 amide bonds. The van der Waals surface area contributed by atoms with E-state index in [0.29, 0.717) is 12.0 Å². The fourth-order valence-electron chi connectivity index (χ4n) is 3.18. The van der Waals surface area contributed by atoms with Crippen molar-refractivity contribution in [3.63, 3.8) is 0 Å². The highest BCUT2D eigenvalue weighted by molar-refractivity contribution is 6.07. The van der Waals surface area contributed by atoms with Gasteiger partial charge < -0.3 is 10.1 Å². The summed E-state index contributed by atoms with van der Waals surface area (Å²) in [5.41, 5.74) is 4.00. The van der Waals surface area contributed by atoms with Gasteiger partial charge in [0.25, 0.3) is 5.91 Å². The predicted molar refractivity (Wildman–Crippen MR) is 109 cm³/mol. The monoisotopic (exact) mass is 376 g/mol. The molecular formula is C23H24N2O3. The number of carbonyl (C=O) groups excluding carboxylic acids is 2. The third-order valence-corrected chi connectivity index (χ3v) is 4.50. The fraction of sp³-hybridized carbons (Fsp3) is 0.261. The van der Waals surface area contributed by atoms with Gasteiger partial charge in [-0.3, -0.25) is 9.78 Å². The molecule has 144 valence electrons. The van der Waals surface area contributed by atoms with Crippen molar-refractivity contribution < 1.29 is 14.3 Å². The summed E-state index contributed by atoms with van der Waals surface area (Å²) in [5.74, 6) is -0.749. The van der Waals surface area contributed by atoms with Crippen LogP contribution in [0.3, 0.4) is 0 Å². The highest BCUT2D eigenvalue weighted by Gasteiger charge is 2.24. The summed E-state index contributed by atoms with van der Waals surface area (Å²) in [6.45, 7) is 5.83. The molecule has 0 bridgehead atoms. The first-order valence-electron chi connectivity index (χ1n) is 9.37. The van der Waals surface area contributed by atoms with Crippen LogP contribution in [0.1, 0.15) is 34.1 Å². The second kappa shape index (κ2) is 8.65. The number of hydrogen-bond donors (Lipinski definition) is 1. The molecule has 0 fully saturated rings. The zero-order valence-corrected chi connectivity index (χ0v) is 16.4. The van der Waals surface area contributed by atoms with Gasteiger partial charge in [-0.15, -0.1) is 0 Å². The van der Waals surface area contributed by atoms with Gasteiger partial charge in [-0.1, -0.05) is 42.0 Å². The Morgan fingerprint density at radius 1 is 1.07 bits per heavy atom. The number of aryl methyl sites for hydroxylation is 2. The number of benzene rings is 2. The number of ether oxygens (including phenoxy) is 1. The van der Waals surface area contributed by atoms with Crippen LogP contribution in [-0.4, -0.2) is 29.5 Å². The smallest absolute Gasteiger partial charge is 0.328 e. The number of nitrogens with one attached hydrogen (secondary N) is 1. The lowest BCUT2D eigenvalue weighted by Crippen LogP contribution is -2.43. The number of esters is 1. The minimum Gasteiger partial charge on any atom is -0.464 e. The summed E-state index contributed by atoms with van der Waals surface area (Å²) in [4.78, 5) is 30.0. The zero-order valence-electron chi connectivity index (χ0n) is 16.4. The molecule has 0 aliphatic carbocycles. The van der Waals surface area contributed by atoms with E-state index in [2.05, 4.69) is 10.3 Å². The number of rotatable bonds is 6. The molecule has 5 nitrogen and oxygen atoms in total. The second-order valence-corrected chi connectivity index (χ2v) is 6.80. The van der Waals surface area contributed by atoms with Crippen LogP contribution in [0.25, 0.3) is 10.9 Å². The number of nitrogens with zero attached hydrogens (tertiary/aromatic N) is 1. The van der Waals surface area contributed by atoms with Gasteiger partial charge in [0.15, 0.2) is 0 Å². The topological polar surface area (TPSA) is 68.3 Å². The van der Waals surface area contributed by atoms with Crippen molar-refractivity contribution in [2.24, 2.45) is 0 Å². The van der Waals surface area contributed by atoms with Gasteiger partial charge in [0.05, 0.1) is 17.7 Å². The Balaban J connectivity index is 1.92. The number of aromatic nitrogens is 1. The van der Waals surface area contributed by atoms with E-state index in [1.165, 1.54) is 0 Å². The average Bonchev–Trinajstić information content (AvgIpc) is 2.68. The summed E-state index contributed by atoms with van der Waals surface area (Å²) >= 11 is 0.